The van der Waals surface area contributed by atoms with Crippen molar-refractivity contribution in [3.63, 3.8) is 0 Å². The van der Waals surface area contributed by atoms with Gasteiger partial charge in [-0.25, -0.2) is 0 Å². The number of para-hydroxylation sites is 1. The Balaban J connectivity index is -0.000000308. The van der Waals surface area contributed by atoms with Gasteiger partial charge in [0.25, 0.3) is 0 Å². The largest absolute Gasteiger partial charge is 0.491 e. The first-order valence-electron chi connectivity index (χ1n) is 37.0. The average Bonchev–Trinajstić information content (AvgIpc) is 0.806. The Bertz CT molecular complexity index is 2160. The van der Waals surface area contributed by atoms with E-state index in [0.717, 1.165) is 56.2 Å². The molecule has 4 atom stereocenters. The van der Waals surface area contributed by atoms with Crippen molar-refractivity contribution in [3.8, 4) is 5.75 Å². The molecule has 610 valence electrons. The Morgan fingerprint density at radius 3 is 1.06 bits per heavy atom. The van der Waals surface area contributed by atoms with Gasteiger partial charge in [-0.2, -0.15) is 11.8 Å². The van der Waals surface area contributed by atoms with Gasteiger partial charge in [0.15, 0.2) is 16.6 Å². The van der Waals surface area contributed by atoms with Crippen molar-refractivity contribution in [2.24, 2.45) is 5.92 Å². The Morgan fingerprint density at radius 2 is 0.772 bits per heavy atom. The highest BCUT2D eigenvalue weighted by molar-refractivity contribution is 7.99. The summed E-state index contributed by atoms with van der Waals surface area (Å²) in [5, 5.41) is 27.5. The Hall–Kier alpha value is 0.723. The first kappa shape index (κ1) is 113. The fourth-order valence-electron chi connectivity index (χ4n) is 9.19. The topological polar surface area (TPSA) is 235 Å². The van der Waals surface area contributed by atoms with E-state index in [2.05, 4.69) is 164 Å². The molecule has 4 unspecified atom stereocenters. The molecule has 0 amide bonds. The molecule has 1 aromatic rings. The molecule has 1 rings (SSSR count). The number of thioether (sulfide) groups is 1. The summed E-state index contributed by atoms with van der Waals surface area (Å²) in [5.41, 5.74) is 1.24. The normalized spacial score (nSPS) is 14.0. The summed E-state index contributed by atoms with van der Waals surface area (Å²) < 4.78 is 101. The van der Waals surface area contributed by atoms with Crippen molar-refractivity contribution >= 4 is 120 Å². The predicted octanol–water partition coefficient (Wildman–Crippen LogP) is 17.9. The van der Waals surface area contributed by atoms with Gasteiger partial charge in [-0.15, -0.1) is 0 Å². The number of carbonyl (C=O) groups excluding carboxylic acids is 1. The van der Waals surface area contributed by atoms with E-state index in [0.29, 0.717) is 39.3 Å². The summed E-state index contributed by atoms with van der Waals surface area (Å²) in [6.45, 7) is 78.4. The highest BCUT2D eigenvalue weighted by Gasteiger charge is 2.50. The molecule has 0 aromatic heterocycles. The van der Waals surface area contributed by atoms with Crippen molar-refractivity contribution in [2.45, 2.75) is 303 Å². The van der Waals surface area contributed by atoms with Crippen LogP contribution in [-0.4, -0.2) is 227 Å². The summed E-state index contributed by atoms with van der Waals surface area (Å²) in [4.78, 5) is 11.0. The van der Waals surface area contributed by atoms with Gasteiger partial charge < -0.3 is 89.3 Å². The highest BCUT2D eigenvalue weighted by Crippen LogP contribution is 2.31. The zero-order valence-corrected chi connectivity index (χ0v) is 85.1. The second-order valence-electron chi connectivity index (χ2n) is 30.6. The summed E-state index contributed by atoms with van der Waals surface area (Å²) in [6, 6.07) is 9.30. The number of aryl methyl sites for hydroxylation is 1. The van der Waals surface area contributed by atoms with Crippen LogP contribution in [0.25, 0.3) is 0 Å². The van der Waals surface area contributed by atoms with Gasteiger partial charge in [-0.05, 0) is 247 Å². The van der Waals surface area contributed by atoms with Crippen molar-refractivity contribution in [1.82, 2.24) is 0 Å². The number of carbonyl (C=O) groups is 1. The SMILES string of the molecule is CCC(O)COC[Si](C)(C)OC.CCCCc1ccccc1OCC(O)CC.CCOC(=O)C(C)CSCC.CCOCC.CCOCC(O)CC.CC[Si](C)(C)OC.CO[Si](C)(C)O[Si](C)(C)O[Si](C)(C)O[Si](C)(C)O[Si](C)(C)O[Si](C)(C)O[Si](C)(C)O[Si](C)(C)O[Si](C)(C)O[Si](C)(C)C. The number of ether oxygens (including phenoxy) is 5. The lowest BCUT2D eigenvalue weighted by atomic mass is 10.1. The number of hydrogen-bond acceptors (Lipinski definition) is 22. The van der Waals surface area contributed by atoms with Gasteiger partial charge in [0.05, 0.1) is 50.3 Å². The van der Waals surface area contributed by atoms with Crippen LogP contribution in [0, 0.1) is 5.92 Å². The standard InChI is InChI=1S/C22H66O10Si10.C14H22O2.C8H20O3Si.C8H16O2S.C6H14O2.C5H14OSi.C4H10O/c1-23-34(5,6)25-36(9,10)27-38(13,14)29-40(17,18)31-42(21,22)32-41(19,20)30-39(15,16)28-37(11,12)26-35(7,8)24-33(2,3)4;1-3-5-8-12-9-6-7-10-14(12)16-11-13(15)4-2;1-5-8(9)6-11-7-12(3,4)10-2;1-4-10-8(9)7(3)6-11-5-2;1-3-6(7)5-8-4-2;1-5-7(3,4)6-2;1-3-5-4-2/h1-22H3;6-7,9-10,13,15H,3-5,8,11H2,1-2H3;8-9H,5-7H2,1-4H3;7H,4-6H2,1-3H3;6-7H,3-5H2,1-2H3;5H2,1-4H3;3-4H2,1-2H3. The lowest BCUT2D eigenvalue weighted by molar-refractivity contribution is -0.146. The summed E-state index contributed by atoms with van der Waals surface area (Å²) in [6.07, 6.45) is 5.37. The van der Waals surface area contributed by atoms with E-state index in [-0.39, 0.29) is 30.2 Å². The number of hydrogen-bond donors (Lipinski definition) is 3. The maximum atomic E-state index is 11.0. The van der Waals surface area contributed by atoms with Crippen LogP contribution in [0.4, 0.5) is 0 Å². The average molecular weight is 1670 g/mol. The van der Waals surface area contributed by atoms with Crippen LogP contribution < -0.4 is 4.74 Å². The molecule has 0 aliphatic rings. The third-order valence-corrected chi connectivity index (χ3v) is 56.3. The molecule has 0 aliphatic heterocycles. The number of esters is 1. The summed E-state index contributed by atoms with van der Waals surface area (Å²) in [7, 11) is -22.0. The van der Waals surface area contributed by atoms with Gasteiger partial charge in [0, 0.05) is 46.9 Å². The third kappa shape index (κ3) is 72.1. The molecule has 0 saturated carbocycles. The molecule has 0 fully saturated rings. The lowest BCUT2D eigenvalue weighted by Gasteiger charge is -2.44. The second-order valence-corrected chi connectivity index (χ2v) is 77.9. The quantitative estimate of drug-likeness (QED) is 0.0407. The molecule has 1 aromatic carbocycles. The fourth-order valence-corrected chi connectivity index (χ4v) is 59.4. The molecule has 0 radical (unpaired) electrons. The zero-order valence-electron chi connectivity index (χ0n) is 72.2. The Kier molecular flexibility index (Phi) is 63.4. The van der Waals surface area contributed by atoms with E-state index in [4.69, 9.17) is 79.1 Å². The van der Waals surface area contributed by atoms with Gasteiger partial charge in [-0.3, -0.25) is 4.79 Å². The van der Waals surface area contributed by atoms with Crippen LogP contribution in [-0.2, 0) is 80.5 Å². The van der Waals surface area contributed by atoms with E-state index in [1.165, 1.54) is 24.4 Å². The zero-order chi connectivity index (χ0) is 80.6. The number of aliphatic hydroxyl groups is 3. The van der Waals surface area contributed by atoms with E-state index in [1.54, 1.807) is 33.1 Å². The van der Waals surface area contributed by atoms with Crippen molar-refractivity contribution in [3.05, 3.63) is 29.8 Å². The fraction of sp³-hybridized carbons (Fsp3) is 0.896. The molecule has 0 aliphatic carbocycles. The van der Waals surface area contributed by atoms with Gasteiger partial charge in [-0.1, -0.05) is 73.1 Å². The number of unbranched alkanes of at least 4 members (excludes halogenated alkanes) is 1. The minimum absolute atomic E-state index is 0.0416. The number of benzene rings is 1. The first-order chi connectivity index (χ1) is 45.8. The van der Waals surface area contributed by atoms with Crippen LogP contribution in [0.3, 0.4) is 0 Å². The molecule has 21 nitrogen and oxygen atoms in total. The molecule has 3 N–H and O–H groups in total. The van der Waals surface area contributed by atoms with Gasteiger partial charge in [0.2, 0.25) is 8.32 Å². The first-order valence-corrected chi connectivity index (χ1v) is 73.1. The molecular formula is C67H162O21SSi12. The molecule has 0 spiro atoms. The molecule has 0 bridgehead atoms. The van der Waals surface area contributed by atoms with E-state index < -0.39 is 102 Å². The second kappa shape index (κ2) is 56.9. The number of aliphatic hydroxyl groups excluding tert-OH is 3. The summed E-state index contributed by atoms with van der Waals surface area (Å²) >= 11 is 1.77. The predicted molar refractivity (Wildman–Crippen MR) is 455 cm³/mol. The van der Waals surface area contributed by atoms with Crippen LogP contribution >= 0.6 is 11.8 Å². The Morgan fingerprint density at radius 1 is 0.426 bits per heavy atom. The smallest absolute Gasteiger partial charge is 0.322 e. The monoisotopic (exact) mass is 1670 g/mol. The van der Waals surface area contributed by atoms with Gasteiger partial charge in [0.1, 0.15) is 12.4 Å². The van der Waals surface area contributed by atoms with Crippen LogP contribution in [0.2, 0.25) is 170 Å². The molecule has 101 heavy (non-hydrogen) atoms. The number of rotatable bonds is 45. The third-order valence-electron chi connectivity index (χ3n) is 13.5. The van der Waals surface area contributed by atoms with Crippen molar-refractivity contribution < 1.29 is 94.1 Å². The molecule has 0 heterocycles. The summed E-state index contributed by atoms with van der Waals surface area (Å²) in [5.74, 6) is 2.82. The van der Waals surface area contributed by atoms with E-state index >= 15 is 0 Å². The van der Waals surface area contributed by atoms with E-state index in [9.17, 15) is 15.0 Å². The minimum Gasteiger partial charge on any atom is -0.491 e. The van der Waals surface area contributed by atoms with E-state index in [1.807, 2.05) is 99.8 Å². The van der Waals surface area contributed by atoms with Crippen LogP contribution in [0.5, 0.6) is 5.75 Å². The maximum absolute atomic E-state index is 11.0. The Labute approximate surface area is 638 Å². The van der Waals surface area contributed by atoms with Crippen molar-refractivity contribution in [1.29, 1.82) is 0 Å². The van der Waals surface area contributed by atoms with Crippen molar-refractivity contribution in [2.75, 3.05) is 85.3 Å². The van der Waals surface area contributed by atoms with Gasteiger partial charge >= 0.3 is 83.0 Å². The van der Waals surface area contributed by atoms with Crippen LogP contribution in [0.1, 0.15) is 114 Å². The minimum atomic E-state index is -2.65. The van der Waals surface area contributed by atoms with Crippen LogP contribution in [0.15, 0.2) is 24.3 Å². The maximum Gasteiger partial charge on any atom is 0.322 e. The molecule has 0 saturated heterocycles. The highest BCUT2D eigenvalue weighted by atomic mass is 32.2. The lowest BCUT2D eigenvalue weighted by Crippen LogP contribution is -2.62. The molecule has 34 heteroatoms. The molecular weight excluding hydrogens is 1510 g/mol.